The van der Waals surface area contributed by atoms with E-state index in [1.54, 1.807) is 0 Å². The zero-order chi connectivity index (χ0) is 26.7. The van der Waals surface area contributed by atoms with Crippen LogP contribution in [0.15, 0.2) is 91.0 Å². The summed E-state index contributed by atoms with van der Waals surface area (Å²) in [6, 6.07) is 30.8. The van der Waals surface area contributed by atoms with Crippen LogP contribution >= 0.6 is 0 Å². The minimum absolute atomic E-state index is 0.178. The summed E-state index contributed by atoms with van der Waals surface area (Å²) in [5.41, 5.74) is 0.962. The zero-order valence-electron chi connectivity index (χ0n) is 22.7. The Labute approximate surface area is 223 Å². The molecule has 0 aromatic heterocycles. The fourth-order valence-corrected chi connectivity index (χ4v) is 9.77. The second-order valence-corrected chi connectivity index (χ2v) is 15.0. The van der Waals surface area contributed by atoms with Gasteiger partial charge in [0.25, 0.3) is 8.32 Å². The first-order valence-electron chi connectivity index (χ1n) is 13.4. The molecule has 0 radical (unpaired) electrons. The summed E-state index contributed by atoms with van der Waals surface area (Å²) in [5.74, 6) is -0.942. The molecule has 1 N–H and O–H groups in total. The lowest BCUT2D eigenvalue weighted by molar-refractivity contribution is -0.153. The van der Waals surface area contributed by atoms with Crippen LogP contribution in [0.1, 0.15) is 65.4 Å². The normalized spacial score (nSPS) is 13.7. The summed E-state index contributed by atoms with van der Waals surface area (Å²) in [7, 11) is -2.81. The average molecular weight is 519 g/mol. The first-order chi connectivity index (χ1) is 17.8. The minimum Gasteiger partial charge on any atom is -0.479 e. The van der Waals surface area contributed by atoms with Gasteiger partial charge in [-0.2, -0.15) is 0 Å². The Hall–Kier alpha value is -2.73. The Morgan fingerprint density at radius 1 is 0.838 bits per heavy atom. The molecule has 3 aromatic carbocycles. The van der Waals surface area contributed by atoms with E-state index < -0.39 is 20.4 Å². The van der Waals surface area contributed by atoms with Crippen LogP contribution < -0.4 is 10.4 Å². The van der Waals surface area contributed by atoms with Crippen molar-refractivity contribution in [2.24, 2.45) is 0 Å². The Bertz CT molecular complexity index is 1020. The number of benzene rings is 3. The van der Waals surface area contributed by atoms with Crippen molar-refractivity contribution in [1.82, 2.24) is 0 Å². The van der Waals surface area contributed by atoms with E-state index >= 15 is 0 Å². The SMILES string of the molecule is CCCCC[C@H](C[C@@H](OCc1ccccc1)C(=O)O)O[Si](c1ccccc1)(c1ccccc1)C(C)(C)C. The van der Waals surface area contributed by atoms with Crippen molar-refractivity contribution in [2.45, 2.75) is 83.7 Å². The van der Waals surface area contributed by atoms with E-state index in [2.05, 4.69) is 76.2 Å². The fourth-order valence-electron chi connectivity index (χ4n) is 5.04. The van der Waals surface area contributed by atoms with Crippen LogP contribution in [0.4, 0.5) is 0 Å². The third-order valence-corrected chi connectivity index (χ3v) is 12.0. The maximum atomic E-state index is 12.3. The number of unbranched alkanes of at least 4 members (excludes halogenated alkanes) is 2. The van der Waals surface area contributed by atoms with Crippen molar-refractivity contribution >= 4 is 24.7 Å². The molecule has 3 rings (SSSR count). The molecule has 2 atom stereocenters. The first kappa shape index (κ1) is 28.8. The number of aliphatic carboxylic acids is 1. The van der Waals surface area contributed by atoms with Crippen LogP contribution in [0.5, 0.6) is 0 Å². The van der Waals surface area contributed by atoms with Gasteiger partial charge in [0.2, 0.25) is 0 Å². The van der Waals surface area contributed by atoms with E-state index in [9.17, 15) is 9.90 Å². The topological polar surface area (TPSA) is 55.8 Å². The van der Waals surface area contributed by atoms with Gasteiger partial charge in [-0.1, -0.05) is 138 Å². The number of rotatable bonds is 14. The predicted octanol–water partition coefficient (Wildman–Crippen LogP) is 6.57. The number of carboxylic acids is 1. The van der Waals surface area contributed by atoms with E-state index in [0.717, 1.165) is 31.2 Å². The van der Waals surface area contributed by atoms with E-state index in [-0.39, 0.29) is 17.7 Å². The molecule has 37 heavy (non-hydrogen) atoms. The lowest BCUT2D eigenvalue weighted by Crippen LogP contribution is -2.67. The van der Waals surface area contributed by atoms with Crippen LogP contribution in [0, 0.1) is 0 Å². The highest BCUT2D eigenvalue weighted by molar-refractivity contribution is 6.99. The van der Waals surface area contributed by atoms with Gasteiger partial charge in [0.05, 0.1) is 6.61 Å². The highest BCUT2D eigenvalue weighted by Crippen LogP contribution is 2.38. The van der Waals surface area contributed by atoms with Crippen LogP contribution in [-0.2, 0) is 20.6 Å². The summed E-state index contributed by atoms with van der Waals surface area (Å²) in [6.07, 6.45) is 3.11. The largest absolute Gasteiger partial charge is 0.479 e. The molecule has 0 saturated heterocycles. The highest BCUT2D eigenvalue weighted by atomic mass is 28.4. The van der Waals surface area contributed by atoms with Crippen LogP contribution in [0.2, 0.25) is 5.04 Å². The van der Waals surface area contributed by atoms with Gasteiger partial charge < -0.3 is 14.3 Å². The second kappa shape index (κ2) is 13.7. The summed E-state index contributed by atoms with van der Waals surface area (Å²) < 4.78 is 13.3. The number of hydrogen-bond acceptors (Lipinski definition) is 3. The standard InChI is InChI=1S/C32H42O4Si/c1-5-6-10-19-27(24-30(31(33)34)35-25-26-17-11-7-12-18-26)36-37(32(2,3)4,28-20-13-8-14-21-28)29-22-15-9-16-23-29/h7-9,11-18,20-23,27,30H,5-6,10,19,24-25H2,1-4H3,(H,33,34)/t27-,30-/m1/s1. The lowest BCUT2D eigenvalue weighted by Gasteiger charge is -2.45. The summed E-state index contributed by atoms with van der Waals surface area (Å²) in [5, 5.41) is 12.3. The number of carboxylic acid groups (broad SMARTS) is 1. The second-order valence-electron chi connectivity index (χ2n) is 10.8. The average Bonchev–Trinajstić information content (AvgIpc) is 2.90. The van der Waals surface area contributed by atoms with Gasteiger partial charge in [0.1, 0.15) is 0 Å². The fraction of sp³-hybridized carbons (Fsp3) is 0.406. The molecule has 0 bridgehead atoms. The highest BCUT2D eigenvalue weighted by Gasteiger charge is 2.51. The number of hydrogen-bond donors (Lipinski definition) is 1. The zero-order valence-corrected chi connectivity index (χ0v) is 23.7. The predicted molar refractivity (Wildman–Crippen MR) is 154 cm³/mol. The molecule has 198 valence electrons. The monoisotopic (exact) mass is 518 g/mol. The van der Waals surface area contributed by atoms with Crippen LogP contribution in [0.25, 0.3) is 0 Å². The van der Waals surface area contributed by atoms with E-state index in [1.807, 2.05) is 42.5 Å². The van der Waals surface area contributed by atoms with Gasteiger partial charge in [-0.25, -0.2) is 4.79 Å². The first-order valence-corrected chi connectivity index (χ1v) is 15.4. The number of ether oxygens (including phenoxy) is 1. The summed E-state index contributed by atoms with van der Waals surface area (Å²) >= 11 is 0. The molecule has 0 aliphatic carbocycles. The van der Waals surface area contributed by atoms with Crippen molar-refractivity contribution in [3.05, 3.63) is 96.6 Å². The number of carbonyl (C=O) groups is 1. The maximum absolute atomic E-state index is 12.3. The molecule has 0 saturated carbocycles. The van der Waals surface area contributed by atoms with Crippen molar-refractivity contribution < 1.29 is 19.1 Å². The maximum Gasteiger partial charge on any atom is 0.332 e. The molecule has 4 nitrogen and oxygen atoms in total. The van der Waals surface area contributed by atoms with E-state index in [4.69, 9.17) is 9.16 Å². The summed E-state index contributed by atoms with van der Waals surface area (Å²) in [6.45, 7) is 9.20. The van der Waals surface area contributed by atoms with Gasteiger partial charge in [0.15, 0.2) is 6.10 Å². The van der Waals surface area contributed by atoms with Crippen molar-refractivity contribution in [2.75, 3.05) is 0 Å². The molecule has 0 amide bonds. The van der Waals surface area contributed by atoms with Gasteiger partial charge in [-0.15, -0.1) is 0 Å². The molecule has 0 heterocycles. The quantitative estimate of drug-likeness (QED) is 0.194. The molecule has 0 unspecified atom stereocenters. The molecule has 0 fully saturated rings. The Balaban J connectivity index is 1.98. The third kappa shape index (κ3) is 7.63. The molecular formula is C32H42O4Si. The molecule has 0 aliphatic heterocycles. The van der Waals surface area contributed by atoms with Gasteiger partial charge in [-0.3, -0.25) is 0 Å². The third-order valence-electron chi connectivity index (χ3n) is 6.94. The Morgan fingerprint density at radius 2 is 1.35 bits per heavy atom. The van der Waals surface area contributed by atoms with Gasteiger partial charge >= 0.3 is 5.97 Å². The smallest absolute Gasteiger partial charge is 0.332 e. The molecular weight excluding hydrogens is 476 g/mol. The molecule has 5 heteroatoms. The molecule has 0 aliphatic rings. The van der Waals surface area contributed by atoms with Crippen molar-refractivity contribution in [1.29, 1.82) is 0 Å². The van der Waals surface area contributed by atoms with Crippen molar-refractivity contribution in [3.8, 4) is 0 Å². The molecule has 3 aromatic rings. The van der Waals surface area contributed by atoms with Gasteiger partial charge in [-0.05, 0) is 27.4 Å². The molecule has 0 spiro atoms. The minimum atomic E-state index is -2.81. The Kier molecular flexibility index (Phi) is 10.7. The van der Waals surface area contributed by atoms with Crippen LogP contribution in [0.3, 0.4) is 0 Å². The van der Waals surface area contributed by atoms with E-state index in [1.165, 1.54) is 10.4 Å². The van der Waals surface area contributed by atoms with E-state index in [0.29, 0.717) is 6.42 Å². The van der Waals surface area contributed by atoms with Crippen molar-refractivity contribution in [3.63, 3.8) is 0 Å². The summed E-state index contributed by atoms with van der Waals surface area (Å²) in [4.78, 5) is 12.3. The van der Waals surface area contributed by atoms with Crippen LogP contribution in [-0.4, -0.2) is 31.6 Å². The lowest BCUT2D eigenvalue weighted by atomic mass is 10.0. The van der Waals surface area contributed by atoms with Gasteiger partial charge in [0, 0.05) is 12.5 Å². The Morgan fingerprint density at radius 3 is 1.81 bits per heavy atom.